The van der Waals surface area contributed by atoms with Gasteiger partial charge in [-0.1, -0.05) is 30.3 Å². The molecule has 3 heterocycles. The lowest BCUT2D eigenvalue weighted by atomic mass is 9.96. The smallest absolute Gasteiger partial charge is 0.226 e. The quantitative estimate of drug-likeness (QED) is 0.226. The van der Waals surface area contributed by atoms with Gasteiger partial charge in [0.2, 0.25) is 5.91 Å². The molecule has 4 aromatic rings. The third kappa shape index (κ3) is 5.49. The molecule has 1 saturated heterocycles. The zero-order valence-electron chi connectivity index (χ0n) is 22.5. The molecule has 1 aliphatic heterocycles. The number of pyridine rings is 1. The molecule has 0 aliphatic carbocycles. The molecule has 1 aliphatic rings. The fraction of sp³-hybridized carbons (Fsp3) is 0.258. The number of hydrogen-bond acceptors (Lipinski definition) is 3. The predicted octanol–water partition coefficient (Wildman–Crippen LogP) is 6.87. The Morgan fingerprint density at radius 1 is 1.05 bits per heavy atom. The van der Waals surface area contributed by atoms with Gasteiger partial charge in [-0.25, -0.2) is 0 Å². The van der Waals surface area contributed by atoms with Gasteiger partial charge in [-0.15, -0.1) is 0 Å². The SMILES string of the molecule is Cc1ccc(C)c(NC(=O)CCN2C(=S)N[C@@H](c3ccccn3)[C@@H]2c2cc(C)n(-c3ccccc3Br)c2C)c1. The lowest BCUT2D eigenvalue weighted by molar-refractivity contribution is -0.116. The van der Waals surface area contributed by atoms with E-state index in [1.54, 1.807) is 0 Å². The molecule has 1 amide bonds. The third-order valence-electron chi connectivity index (χ3n) is 7.33. The molecule has 2 aromatic carbocycles. The zero-order chi connectivity index (χ0) is 27.7. The molecule has 1 fully saturated rings. The van der Waals surface area contributed by atoms with Crippen molar-refractivity contribution in [3.05, 3.63) is 111 Å². The molecule has 0 bridgehead atoms. The van der Waals surface area contributed by atoms with Crippen molar-refractivity contribution in [1.82, 2.24) is 19.8 Å². The summed E-state index contributed by atoms with van der Waals surface area (Å²) in [4.78, 5) is 19.9. The van der Waals surface area contributed by atoms with Gasteiger partial charge < -0.3 is 20.1 Å². The van der Waals surface area contributed by atoms with E-state index >= 15 is 0 Å². The van der Waals surface area contributed by atoms with Crippen LogP contribution in [0.1, 0.15) is 52.3 Å². The molecular formula is C31H32BrN5OS. The molecule has 0 radical (unpaired) electrons. The van der Waals surface area contributed by atoms with Gasteiger partial charge >= 0.3 is 0 Å². The first kappa shape index (κ1) is 27.1. The number of amides is 1. The van der Waals surface area contributed by atoms with Crippen molar-refractivity contribution >= 4 is 44.9 Å². The molecule has 0 spiro atoms. The highest BCUT2D eigenvalue weighted by Gasteiger charge is 2.41. The molecule has 8 heteroatoms. The Kier molecular flexibility index (Phi) is 7.86. The molecule has 2 N–H and O–H groups in total. The number of nitrogens with one attached hydrogen (secondary N) is 2. The van der Waals surface area contributed by atoms with Gasteiger partial charge in [-0.05, 0) is 109 Å². The lowest BCUT2D eigenvalue weighted by Crippen LogP contribution is -2.33. The van der Waals surface area contributed by atoms with Gasteiger partial charge in [0.25, 0.3) is 0 Å². The average molecular weight is 603 g/mol. The van der Waals surface area contributed by atoms with Crippen LogP contribution in [-0.2, 0) is 4.79 Å². The van der Waals surface area contributed by atoms with Gasteiger partial charge in [0.05, 0.1) is 23.5 Å². The summed E-state index contributed by atoms with van der Waals surface area (Å²) in [5.41, 5.74) is 8.41. The highest BCUT2D eigenvalue weighted by Crippen LogP contribution is 2.42. The largest absolute Gasteiger partial charge is 0.352 e. The maximum atomic E-state index is 13.1. The van der Waals surface area contributed by atoms with Crippen molar-refractivity contribution in [2.24, 2.45) is 0 Å². The van der Waals surface area contributed by atoms with E-state index in [9.17, 15) is 4.79 Å². The topological polar surface area (TPSA) is 62.2 Å². The van der Waals surface area contributed by atoms with Crippen molar-refractivity contribution in [3.8, 4) is 5.69 Å². The van der Waals surface area contributed by atoms with Crippen LogP contribution in [0.25, 0.3) is 5.69 Å². The van der Waals surface area contributed by atoms with Crippen molar-refractivity contribution in [2.75, 3.05) is 11.9 Å². The molecule has 0 saturated carbocycles. The van der Waals surface area contributed by atoms with Gasteiger partial charge in [0.1, 0.15) is 0 Å². The van der Waals surface area contributed by atoms with Crippen LogP contribution >= 0.6 is 28.1 Å². The van der Waals surface area contributed by atoms with E-state index in [0.29, 0.717) is 18.1 Å². The summed E-state index contributed by atoms with van der Waals surface area (Å²) < 4.78 is 3.29. The Bertz CT molecular complexity index is 1530. The van der Waals surface area contributed by atoms with Crippen LogP contribution in [0, 0.1) is 27.7 Å². The van der Waals surface area contributed by atoms with Crippen LogP contribution in [0.4, 0.5) is 5.69 Å². The molecule has 6 nitrogen and oxygen atoms in total. The van der Waals surface area contributed by atoms with Gasteiger partial charge in [-0.2, -0.15) is 0 Å². The molecule has 39 heavy (non-hydrogen) atoms. The fourth-order valence-corrected chi connectivity index (χ4v) is 6.17. The van der Waals surface area contributed by atoms with Crippen LogP contribution in [0.2, 0.25) is 0 Å². The van der Waals surface area contributed by atoms with Gasteiger partial charge in [0, 0.05) is 40.7 Å². The number of benzene rings is 2. The number of anilines is 1. The van der Waals surface area contributed by atoms with Crippen molar-refractivity contribution < 1.29 is 4.79 Å². The van der Waals surface area contributed by atoms with Gasteiger partial charge in [0.15, 0.2) is 5.11 Å². The Hall–Kier alpha value is -3.49. The van der Waals surface area contributed by atoms with E-state index in [2.05, 4.69) is 73.1 Å². The van der Waals surface area contributed by atoms with E-state index in [4.69, 9.17) is 12.2 Å². The number of carbonyl (C=O) groups is 1. The minimum atomic E-state index is -0.144. The first-order valence-corrected chi connectivity index (χ1v) is 14.2. The molecule has 2 atom stereocenters. The summed E-state index contributed by atoms with van der Waals surface area (Å²) in [6, 6.07) is 22.2. The lowest BCUT2D eigenvalue weighted by Gasteiger charge is -2.28. The minimum Gasteiger partial charge on any atom is -0.352 e. The van der Waals surface area contributed by atoms with E-state index in [1.165, 1.54) is 0 Å². The van der Waals surface area contributed by atoms with Crippen molar-refractivity contribution in [2.45, 2.75) is 46.2 Å². The number of nitrogens with zero attached hydrogens (tertiary/aromatic N) is 3. The van der Waals surface area contributed by atoms with Crippen LogP contribution in [0.3, 0.4) is 0 Å². The van der Waals surface area contributed by atoms with E-state index < -0.39 is 0 Å². The van der Waals surface area contributed by atoms with Crippen molar-refractivity contribution in [3.63, 3.8) is 0 Å². The molecule has 0 unspecified atom stereocenters. The standard InChI is InChI=1S/C31H32BrN5OS/c1-19-12-13-20(2)26(17-19)34-28(38)14-16-36-30(29(35-31(36)39)25-10-7-8-15-33-25)23-18-21(3)37(22(23)4)27-11-6-5-9-24(27)32/h5-13,15,17-18,29-30H,14,16H2,1-4H3,(H,34,38)(H,35,39)/t29-,30-/m0/s1. The highest BCUT2D eigenvalue weighted by molar-refractivity contribution is 9.10. The second-order valence-corrected chi connectivity index (χ2v) is 11.3. The molecule has 5 rings (SSSR count). The van der Waals surface area contributed by atoms with Crippen LogP contribution in [0.5, 0.6) is 0 Å². The average Bonchev–Trinajstić information content (AvgIpc) is 3.40. The predicted molar refractivity (Wildman–Crippen MR) is 164 cm³/mol. The number of rotatable bonds is 7. The Labute approximate surface area is 243 Å². The number of halogens is 1. The number of aromatic nitrogens is 2. The number of carbonyl (C=O) groups excluding carboxylic acids is 1. The maximum Gasteiger partial charge on any atom is 0.226 e. The highest BCUT2D eigenvalue weighted by atomic mass is 79.9. The maximum absolute atomic E-state index is 13.1. The summed E-state index contributed by atoms with van der Waals surface area (Å²) >= 11 is 9.58. The number of aryl methyl sites for hydroxylation is 3. The first-order chi connectivity index (χ1) is 18.7. The summed E-state index contributed by atoms with van der Waals surface area (Å²) in [7, 11) is 0. The summed E-state index contributed by atoms with van der Waals surface area (Å²) in [6.45, 7) is 8.77. The minimum absolute atomic E-state index is 0.0368. The summed E-state index contributed by atoms with van der Waals surface area (Å²) in [5.74, 6) is -0.0368. The van der Waals surface area contributed by atoms with E-state index in [0.717, 1.165) is 49.6 Å². The number of thiocarbonyl (C=S) groups is 1. The Morgan fingerprint density at radius 2 is 1.82 bits per heavy atom. The molecular weight excluding hydrogens is 570 g/mol. The van der Waals surface area contributed by atoms with Crippen LogP contribution in [0.15, 0.2) is 77.4 Å². The van der Waals surface area contributed by atoms with Gasteiger partial charge in [-0.3, -0.25) is 9.78 Å². The second kappa shape index (κ2) is 11.3. The number of hydrogen-bond donors (Lipinski definition) is 2. The van der Waals surface area contributed by atoms with E-state index in [1.807, 2.05) is 68.6 Å². The zero-order valence-corrected chi connectivity index (χ0v) is 24.9. The fourth-order valence-electron chi connectivity index (χ4n) is 5.38. The molecule has 200 valence electrons. The summed E-state index contributed by atoms with van der Waals surface area (Å²) in [6.07, 6.45) is 2.12. The number of para-hydroxylation sites is 1. The van der Waals surface area contributed by atoms with E-state index in [-0.39, 0.29) is 18.0 Å². The Morgan fingerprint density at radius 3 is 2.56 bits per heavy atom. The normalized spacial score (nSPS) is 16.8. The first-order valence-electron chi connectivity index (χ1n) is 13.0. The second-order valence-electron chi connectivity index (χ2n) is 10.0. The third-order valence-corrected chi connectivity index (χ3v) is 8.35. The molecule has 2 aromatic heterocycles. The van der Waals surface area contributed by atoms with Crippen LogP contribution < -0.4 is 10.6 Å². The monoisotopic (exact) mass is 601 g/mol. The van der Waals surface area contributed by atoms with Crippen LogP contribution in [-0.4, -0.2) is 32.0 Å². The Balaban J connectivity index is 1.48. The van der Waals surface area contributed by atoms with Crippen molar-refractivity contribution in [1.29, 1.82) is 0 Å². The summed E-state index contributed by atoms with van der Waals surface area (Å²) in [5, 5.41) is 7.23.